The fourth-order valence-electron chi connectivity index (χ4n) is 1.36. The van der Waals surface area contributed by atoms with Crippen molar-refractivity contribution in [2.45, 2.75) is 33.7 Å². The maximum Gasteiger partial charge on any atom is 0.263 e. The summed E-state index contributed by atoms with van der Waals surface area (Å²) in [7, 11) is 0. The highest BCUT2D eigenvalue weighted by Gasteiger charge is 2.09. The van der Waals surface area contributed by atoms with E-state index in [2.05, 4.69) is 26.1 Å². The third-order valence-electron chi connectivity index (χ3n) is 2.22. The molecule has 16 heavy (non-hydrogen) atoms. The van der Waals surface area contributed by atoms with Gasteiger partial charge < -0.3 is 5.32 Å². The summed E-state index contributed by atoms with van der Waals surface area (Å²) in [4.78, 5) is 0. The number of benzene rings is 1. The largest absolute Gasteiger partial charge is 0.312 e. The van der Waals surface area contributed by atoms with Gasteiger partial charge in [-0.1, -0.05) is 45.0 Å². The number of hydrogen-bond acceptors (Lipinski definition) is 1. The number of nitrogens with one attached hydrogen (secondary N) is 1. The van der Waals surface area contributed by atoms with Gasteiger partial charge in [-0.25, -0.2) is 8.78 Å². The van der Waals surface area contributed by atoms with E-state index in [1.54, 1.807) is 12.1 Å². The standard InChI is InChI=1S/C13H19F2N/c1-13(2,3)9-16-8-10-4-6-11(7-5-10)12(14)15/h4-7,12,16H,8-9H2,1-3H3. The lowest BCUT2D eigenvalue weighted by atomic mass is 9.97. The SMILES string of the molecule is CC(C)(C)CNCc1ccc(C(F)F)cc1. The van der Waals surface area contributed by atoms with Crippen LogP contribution in [0.25, 0.3) is 0 Å². The minimum Gasteiger partial charge on any atom is -0.312 e. The Morgan fingerprint density at radius 1 is 1.12 bits per heavy atom. The average molecular weight is 227 g/mol. The zero-order valence-corrected chi connectivity index (χ0v) is 10.1. The number of rotatable bonds is 4. The molecular weight excluding hydrogens is 208 g/mol. The van der Waals surface area contributed by atoms with E-state index in [0.717, 1.165) is 18.7 Å². The average Bonchev–Trinajstić information content (AvgIpc) is 2.16. The molecular formula is C13H19F2N. The second-order valence-electron chi connectivity index (χ2n) is 5.21. The summed E-state index contributed by atoms with van der Waals surface area (Å²) in [5.41, 5.74) is 1.36. The number of hydrogen-bond donors (Lipinski definition) is 1. The first-order valence-electron chi connectivity index (χ1n) is 5.46. The molecule has 0 aliphatic carbocycles. The molecule has 90 valence electrons. The summed E-state index contributed by atoms with van der Waals surface area (Å²) in [5, 5.41) is 3.30. The molecule has 0 aromatic heterocycles. The second-order valence-corrected chi connectivity index (χ2v) is 5.21. The van der Waals surface area contributed by atoms with Gasteiger partial charge in [0.25, 0.3) is 6.43 Å². The van der Waals surface area contributed by atoms with Crippen molar-refractivity contribution in [1.82, 2.24) is 5.32 Å². The van der Waals surface area contributed by atoms with E-state index < -0.39 is 6.43 Å². The minimum absolute atomic E-state index is 0.0829. The van der Waals surface area contributed by atoms with Gasteiger partial charge in [0.2, 0.25) is 0 Å². The predicted octanol–water partition coefficient (Wildman–Crippen LogP) is 3.76. The maximum absolute atomic E-state index is 12.3. The van der Waals surface area contributed by atoms with Gasteiger partial charge >= 0.3 is 0 Å². The van der Waals surface area contributed by atoms with E-state index >= 15 is 0 Å². The fourth-order valence-corrected chi connectivity index (χ4v) is 1.36. The molecule has 0 amide bonds. The van der Waals surface area contributed by atoms with Crippen molar-refractivity contribution in [2.75, 3.05) is 6.54 Å². The molecule has 3 heteroatoms. The topological polar surface area (TPSA) is 12.0 Å². The van der Waals surface area contributed by atoms with Crippen molar-refractivity contribution < 1.29 is 8.78 Å². The molecule has 1 nitrogen and oxygen atoms in total. The van der Waals surface area contributed by atoms with Crippen LogP contribution in [0.2, 0.25) is 0 Å². The van der Waals surface area contributed by atoms with Crippen LogP contribution in [0.5, 0.6) is 0 Å². The molecule has 0 unspecified atom stereocenters. The molecule has 0 spiro atoms. The maximum atomic E-state index is 12.3. The van der Waals surface area contributed by atoms with Gasteiger partial charge in [-0.15, -0.1) is 0 Å². The van der Waals surface area contributed by atoms with Crippen molar-refractivity contribution in [3.8, 4) is 0 Å². The minimum atomic E-state index is -2.38. The third-order valence-corrected chi connectivity index (χ3v) is 2.22. The fraction of sp³-hybridized carbons (Fsp3) is 0.538. The van der Waals surface area contributed by atoms with E-state index in [1.807, 2.05) is 0 Å². The Bertz CT molecular complexity index is 312. The van der Waals surface area contributed by atoms with Crippen LogP contribution in [-0.2, 0) is 6.54 Å². The zero-order valence-electron chi connectivity index (χ0n) is 10.1. The van der Waals surface area contributed by atoms with Gasteiger partial charge in [-0.3, -0.25) is 0 Å². The Morgan fingerprint density at radius 2 is 1.69 bits per heavy atom. The summed E-state index contributed by atoms with van der Waals surface area (Å²) < 4.78 is 24.6. The molecule has 0 atom stereocenters. The lowest BCUT2D eigenvalue weighted by Gasteiger charge is -2.18. The first-order chi connectivity index (χ1) is 7.38. The summed E-state index contributed by atoms with van der Waals surface area (Å²) in [6, 6.07) is 6.46. The molecule has 0 aliphatic rings. The monoisotopic (exact) mass is 227 g/mol. The molecule has 1 aromatic rings. The van der Waals surface area contributed by atoms with Crippen LogP contribution >= 0.6 is 0 Å². The van der Waals surface area contributed by atoms with E-state index in [1.165, 1.54) is 12.1 Å². The van der Waals surface area contributed by atoms with Crippen LogP contribution in [0, 0.1) is 5.41 Å². The third kappa shape index (κ3) is 4.71. The first-order valence-corrected chi connectivity index (χ1v) is 5.46. The summed E-state index contributed by atoms with van der Waals surface area (Å²) >= 11 is 0. The zero-order chi connectivity index (χ0) is 12.2. The second kappa shape index (κ2) is 5.39. The molecule has 1 rings (SSSR count). The highest BCUT2D eigenvalue weighted by molar-refractivity contribution is 5.23. The Morgan fingerprint density at radius 3 is 2.12 bits per heavy atom. The Balaban J connectivity index is 2.44. The lowest BCUT2D eigenvalue weighted by Crippen LogP contribution is -2.26. The van der Waals surface area contributed by atoms with Crippen molar-refractivity contribution in [3.63, 3.8) is 0 Å². The smallest absolute Gasteiger partial charge is 0.263 e. The van der Waals surface area contributed by atoms with Gasteiger partial charge in [-0.2, -0.15) is 0 Å². The Kier molecular flexibility index (Phi) is 4.42. The molecule has 0 radical (unpaired) electrons. The van der Waals surface area contributed by atoms with Crippen molar-refractivity contribution in [3.05, 3.63) is 35.4 Å². The predicted molar refractivity (Wildman–Crippen MR) is 62.6 cm³/mol. The van der Waals surface area contributed by atoms with Crippen LogP contribution in [0.4, 0.5) is 8.78 Å². The number of alkyl halides is 2. The van der Waals surface area contributed by atoms with Crippen LogP contribution in [0.3, 0.4) is 0 Å². The van der Waals surface area contributed by atoms with Gasteiger partial charge in [0.15, 0.2) is 0 Å². The molecule has 0 heterocycles. The Hall–Kier alpha value is -0.960. The molecule has 0 fully saturated rings. The quantitative estimate of drug-likeness (QED) is 0.825. The molecule has 0 bridgehead atoms. The molecule has 0 aliphatic heterocycles. The van der Waals surface area contributed by atoms with Crippen LogP contribution < -0.4 is 5.32 Å². The van der Waals surface area contributed by atoms with Crippen molar-refractivity contribution >= 4 is 0 Å². The summed E-state index contributed by atoms with van der Waals surface area (Å²) in [6.07, 6.45) is -2.38. The first kappa shape index (κ1) is 13.1. The van der Waals surface area contributed by atoms with Crippen LogP contribution in [0.15, 0.2) is 24.3 Å². The summed E-state index contributed by atoms with van der Waals surface area (Å²) in [6.45, 7) is 8.09. The van der Waals surface area contributed by atoms with Crippen molar-refractivity contribution in [1.29, 1.82) is 0 Å². The summed E-state index contributed by atoms with van der Waals surface area (Å²) in [5.74, 6) is 0. The van der Waals surface area contributed by atoms with Crippen LogP contribution in [0.1, 0.15) is 38.3 Å². The molecule has 0 saturated heterocycles. The van der Waals surface area contributed by atoms with Gasteiger partial charge in [0.05, 0.1) is 0 Å². The molecule has 1 N–H and O–H groups in total. The van der Waals surface area contributed by atoms with E-state index in [9.17, 15) is 8.78 Å². The van der Waals surface area contributed by atoms with Gasteiger partial charge in [0.1, 0.15) is 0 Å². The van der Waals surface area contributed by atoms with Gasteiger partial charge in [0, 0.05) is 18.7 Å². The highest BCUT2D eigenvalue weighted by Crippen LogP contribution is 2.18. The highest BCUT2D eigenvalue weighted by atomic mass is 19.3. The van der Waals surface area contributed by atoms with Crippen molar-refractivity contribution in [2.24, 2.45) is 5.41 Å². The van der Waals surface area contributed by atoms with E-state index in [0.29, 0.717) is 0 Å². The normalized spacial score (nSPS) is 12.1. The lowest BCUT2D eigenvalue weighted by molar-refractivity contribution is 0.151. The molecule has 0 saturated carbocycles. The van der Waals surface area contributed by atoms with E-state index in [-0.39, 0.29) is 11.0 Å². The van der Waals surface area contributed by atoms with Crippen LogP contribution in [-0.4, -0.2) is 6.54 Å². The number of halogens is 2. The van der Waals surface area contributed by atoms with Gasteiger partial charge in [-0.05, 0) is 11.0 Å². The molecule has 1 aromatic carbocycles. The Labute approximate surface area is 95.9 Å². The van der Waals surface area contributed by atoms with E-state index in [4.69, 9.17) is 0 Å².